The lowest BCUT2D eigenvalue weighted by Gasteiger charge is -2.38. The fourth-order valence-electron chi connectivity index (χ4n) is 5.95. The molecule has 172 valence electrons. The monoisotopic (exact) mass is 442 g/mol. The van der Waals surface area contributed by atoms with Crippen LogP contribution in [0.15, 0.2) is 43.0 Å². The number of rotatable bonds is 8. The molecule has 6 atom stereocenters. The molecule has 3 aliphatic rings. The summed E-state index contributed by atoms with van der Waals surface area (Å²) in [6.07, 6.45) is 2.50. The summed E-state index contributed by atoms with van der Waals surface area (Å²) in [5.41, 5.74) is -1.29. The molecule has 3 heterocycles. The molecule has 0 saturated carbocycles. The van der Waals surface area contributed by atoms with E-state index in [1.165, 1.54) is 4.90 Å². The Morgan fingerprint density at radius 1 is 1.34 bits per heavy atom. The Hall–Kier alpha value is -2.71. The van der Waals surface area contributed by atoms with Crippen molar-refractivity contribution < 1.29 is 29.3 Å². The number of benzene rings is 1. The number of carbonyl (C=O) groups excluding carboxylic acids is 2. The van der Waals surface area contributed by atoms with E-state index in [0.29, 0.717) is 19.4 Å². The lowest BCUT2D eigenvalue weighted by atomic mass is 9.66. The molecule has 4 rings (SSSR count). The van der Waals surface area contributed by atoms with Gasteiger partial charge in [0.1, 0.15) is 11.6 Å². The summed E-state index contributed by atoms with van der Waals surface area (Å²) in [6.45, 7) is 7.40. The molecule has 8 nitrogen and oxygen atoms in total. The Labute approximate surface area is 187 Å². The standard InChI is InChI=1S/C24H30N2O6/c1-4-12-25(13-16-8-6-5-7-9-16)21(29)19-24-11-10-23(3,32-24)18(22(30)31)17(24)20(28)26(19)15(2)14-27/h4-9,15,17-19,27H,1,10-14H2,2-3H3,(H,30,31)/t15-,17+,18-,19?,23+,24?/m1/s1. The molecule has 32 heavy (non-hydrogen) atoms. The van der Waals surface area contributed by atoms with Gasteiger partial charge in [0, 0.05) is 13.1 Å². The second-order valence-electron chi connectivity index (χ2n) is 9.34. The minimum absolute atomic E-state index is 0.264. The topological polar surface area (TPSA) is 107 Å². The number of aliphatic hydroxyl groups is 1. The first kappa shape index (κ1) is 22.5. The van der Waals surface area contributed by atoms with Gasteiger partial charge in [0.15, 0.2) is 0 Å². The third kappa shape index (κ3) is 3.16. The second-order valence-corrected chi connectivity index (χ2v) is 9.34. The number of hydrogen-bond donors (Lipinski definition) is 2. The molecule has 0 aliphatic carbocycles. The lowest BCUT2D eigenvalue weighted by Crippen LogP contribution is -2.58. The molecule has 2 unspecified atom stereocenters. The SMILES string of the molecule is C=CCN(Cc1ccccc1)C(=O)C1N([C@H](C)CO)C(=O)[C@@H]2[C@H](C(=O)O)[C@]3(C)CCC12O3. The van der Waals surface area contributed by atoms with Crippen molar-refractivity contribution in [2.24, 2.45) is 11.8 Å². The van der Waals surface area contributed by atoms with Crippen molar-refractivity contribution in [1.29, 1.82) is 0 Å². The smallest absolute Gasteiger partial charge is 0.310 e. The van der Waals surface area contributed by atoms with Gasteiger partial charge in [-0.05, 0) is 32.3 Å². The van der Waals surface area contributed by atoms with Crippen LogP contribution in [0, 0.1) is 11.8 Å². The normalized spacial score (nSPS) is 33.8. The summed E-state index contributed by atoms with van der Waals surface area (Å²) < 4.78 is 6.35. The van der Waals surface area contributed by atoms with Crippen LogP contribution in [-0.2, 0) is 25.7 Å². The number of amides is 2. The summed E-state index contributed by atoms with van der Waals surface area (Å²) in [7, 11) is 0. The number of carboxylic acid groups (broad SMARTS) is 1. The average molecular weight is 443 g/mol. The van der Waals surface area contributed by atoms with E-state index in [4.69, 9.17) is 4.74 Å². The number of aliphatic hydroxyl groups excluding tert-OH is 1. The molecular formula is C24H30N2O6. The second kappa shape index (κ2) is 8.01. The number of carbonyl (C=O) groups is 3. The van der Waals surface area contributed by atoms with E-state index in [1.807, 2.05) is 30.3 Å². The Kier molecular flexibility index (Phi) is 5.63. The molecule has 3 saturated heterocycles. The van der Waals surface area contributed by atoms with E-state index in [2.05, 4.69) is 6.58 Å². The average Bonchev–Trinajstić information content (AvgIpc) is 3.34. The van der Waals surface area contributed by atoms with Gasteiger partial charge in [-0.15, -0.1) is 6.58 Å². The summed E-state index contributed by atoms with van der Waals surface area (Å²) in [6, 6.07) is 7.85. The minimum atomic E-state index is -1.22. The van der Waals surface area contributed by atoms with Crippen molar-refractivity contribution in [1.82, 2.24) is 9.80 Å². The molecule has 1 aromatic carbocycles. The predicted molar refractivity (Wildman–Crippen MR) is 115 cm³/mol. The maximum Gasteiger partial charge on any atom is 0.310 e. The zero-order valence-corrected chi connectivity index (χ0v) is 18.4. The van der Waals surface area contributed by atoms with Crippen LogP contribution in [-0.4, -0.2) is 74.2 Å². The van der Waals surface area contributed by atoms with Gasteiger partial charge >= 0.3 is 5.97 Å². The first-order valence-corrected chi connectivity index (χ1v) is 11.0. The molecule has 3 aliphatic heterocycles. The minimum Gasteiger partial charge on any atom is -0.481 e. The molecule has 1 spiro atoms. The Morgan fingerprint density at radius 2 is 2.03 bits per heavy atom. The van der Waals surface area contributed by atoms with Crippen molar-refractivity contribution in [2.75, 3.05) is 13.2 Å². The summed E-state index contributed by atoms with van der Waals surface area (Å²) >= 11 is 0. The van der Waals surface area contributed by atoms with E-state index in [0.717, 1.165) is 5.56 Å². The molecule has 2 bridgehead atoms. The Bertz CT molecular complexity index is 936. The van der Waals surface area contributed by atoms with Gasteiger partial charge in [0.05, 0.1) is 30.1 Å². The molecule has 2 N–H and O–H groups in total. The molecule has 0 radical (unpaired) electrons. The van der Waals surface area contributed by atoms with Gasteiger partial charge in [-0.3, -0.25) is 14.4 Å². The number of nitrogens with zero attached hydrogens (tertiary/aromatic N) is 2. The first-order valence-electron chi connectivity index (χ1n) is 11.0. The fraction of sp³-hybridized carbons (Fsp3) is 0.542. The fourth-order valence-corrected chi connectivity index (χ4v) is 5.95. The van der Waals surface area contributed by atoms with Crippen molar-refractivity contribution in [2.45, 2.75) is 56.5 Å². The molecule has 1 aromatic rings. The highest BCUT2D eigenvalue weighted by atomic mass is 16.5. The number of aliphatic carboxylic acids is 1. The summed E-state index contributed by atoms with van der Waals surface area (Å²) in [5.74, 6) is -3.83. The maximum absolute atomic E-state index is 14.0. The van der Waals surface area contributed by atoms with Crippen molar-refractivity contribution in [3.05, 3.63) is 48.6 Å². The van der Waals surface area contributed by atoms with E-state index < -0.39 is 47.0 Å². The Morgan fingerprint density at radius 3 is 2.62 bits per heavy atom. The third-order valence-electron chi connectivity index (χ3n) is 7.33. The highest BCUT2D eigenvalue weighted by Gasteiger charge is 2.78. The number of ether oxygens (including phenoxy) is 1. The van der Waals surface area contributed by atoms with Crippen LogP contribution in [0.4, 0.5) is 0 Å². The van der Waals surface area contributed by atoms with Gasteiger partial charge < -0.3 is 24.7 Å². The molecule has 3 fully saturated rings. The highest BCUT2D eigenvalue weighted by Crippen LogP contribution is 2.63. The van der Waals surface area contributed by atoms with Crippen molar-refractivity contribution in [3.8, 4) is 0 Å². The van der Waals surface area contributed by atoms with Crippen LogP contribution >= 0.6 is 0 Å². The lowest BCUT2D eigenvalue weighted by molar-refractivity contribution is -0.158. The quantitative estimate of drug-likeness (QED) is 0.590. The van der Waals surface area contributed by atoms with Crippen LogP contribution in [0.3, 0.4) is 0 Å². The molecular weight excluding hydrogens is 412 g/mol. The number of fused-ring (bicyclic) bond motifs is 1. The molecule has 0 aromatic heterocycles. The van der Waals surface area contributed by atoms with Gasteiger partial charge in [0.2, 0.25) is 11.8 Å². The largest absolute Gasteiger partial charge is 0.481 e. The van der Waals surface area contributed by atoms with Gasteiger partial charge in [0.25, 0.3) is 0 Å². The summed E-state index contributed by atoms with van der Waals surface area (Å²) in [4.78, 5) is 42.7. The summed E-state index contributed by atoms with van der Waals surface area (Å²) in [5, 5.41) is 19.8. The van der Waals surface area contributed by atoms with Crippen molar-refractivity contribution in [3.63, 3.8) is 0 Å². The van der Waals surface area contributed by atoms with E-state index in [9.17, 15) is 24.6 Å². The van der Waals surface area contributed by atoms with E-state index >= 15 is 0 Å². The van der Waals surface area contributed by atoms with Crippen LogP contribution in [0.5, 0.6) is 0 Å². The molecule has 8 heteroatoms. The number of likely N-dealkylation sites (tertiary alicyclic amines) is 1. The predicted octanol–water partition coefficient (Wildman–Crippen LogP) is 1.43. The number of carboxylic acids is 1. The van der Waals surface area contributed by atoms with Crippen LogP contribution in [0.2, 0.25) is 0 Å². The third-order valence-corrected chi connectivity index (χ3v) is 7.33. The van der Waals surface area contributed by atoms with E-state index in [-0.39, 0.29) is 19.1 Å². The van der Waals surface area contributed by atoms with Gasteiger partial charge in [-0.1, -0.05) is 36.4 Å². The van der Waals surface area contributed by atoms with Gasteiger partial charge in [-0.2, -0.15) is 0 Å². The number of hydrogen-bond acceptors (Lipinski definition) is 5. The van der Waals surface area contributed by atoms with Crippen LogP contribution in [0.25, 0.3) is 0 Å². The maximum atomic E-state index is 14.0. The van der Waals surface area contributed by atoms with E-state index in [1.54, 1.807) is 24.8 Å². The Balaban J connectivity index is 1.77. The highest BCUT2D eigenvalue weighted by molar-refractivity contribution is 5.98. The van der Waals surface area contributed by atoms with Crippen LogP contribution in [0.1, 0.15) is 32.3 Å². The van der Waals surface area contributed by atoms with Crippen molar-refractivity contribution >= 4 is 17.8 Å². The van der Waals surface area contributed by atoms with Crippen LogP contribution < -0.4 is 0 Å². The molecule has 2 amide bonds. The zero-order chi connectivity index (χ0) is 23.3. The van der Waals surface area contributed by atoms with Gasteiger partial charge in [-0.25, -0.2) is 0 Å². The zero-order valence-electron chi connectivity index (χ0n) is 18.4. The first-order chi connectivity index (χ1) is 15.2.